The Kier molecular flexibility index (Phi) is 3.09. The van der Waals surface area contributed by atoms with Crippen LogP contribution >= 0.6 is 11.6 Å². The molecule has 0 bridgehead atoms. The molecule has 1 aliphatic heterocycles. The van der Waals surface area contributed by atoms with Gasteiger partial charge < -0.3 is 4.74 Å². The van der Waals surface area contributed by atoms with Crippen molar-refractivity contribution in [1.29, 1.82) is 0 Å². The smallest absolute Gasteiger partial charge is 0.0828 e. The Morgan fingerprint density at radius 3 is 2.57 bits per heavy atom. The fourth-order valence-electron chi connectivity index (χ4n) is 1.93. The molecule has 2 rings (SSSR count). The molecule has 1 aliphatic rings. The quantitative estimate of drug-likeness (QED) is 0.682. The Labute approximate surface area is 90.0 Å². The van der Waals surface area contributed by atoms with E-state index in [1.54, 1.807) is 0 Å². The number of rotatable bonds is 1. The van der Waals surface area contributed by atoms with Crippen molar-refractivity contribution in [3.05, 3.63) is 34.9 Å². The molecule has 2 atom stereocenters. The fourth-order valence-corrected chi connectivity index (χ4v) is 2.06. The molecule has 0 radical (unpaired) electrons. The predicted molar refractivity (Wildman–Crippen MR) is 58.6 cm³/mol. The summed E-state index contributed by atoms with van der Waals surface area (Å²) in [6.07, 6.45) is 4.24. The van der Waals surface area contributed by atoms with Crippen LogP contribution in [0.25, 0.3) is 0 Å². The van der Waals surface area contributed by atoms with E-state index in [1.807, 2.05) is 12.1 Å². The van der Waals surface area contributed by atoms with Gasteiger partial charge in [-0.25, -0.2) is 0 Å². The highest BCUT2D eigenvalue weighted by atomic mass is 35.5. The van der Waals surface area contributed by atoms with E-state index in [0.717, 1.165) is 11.4 Å². The molecule has 1 saturated heterocycles. The van der Waals surface area contributed by atoms with Gasteiger partial charge in [0.05, 0.1) is 12.2 Å². The lowest BCUT2D eigenvalue weighted by atomic mass is 9.99. The number of halogens is 1. The van der Waals surface area contributed by atoms with Crippen molar-refractivity contribution >= 4 is 11.6 Å². The van der Waals surface area contributed by atoms with Crippen LogP contribution in [0.3, 0.4) is 0 Å². The Balaban J connectivity index is 2.10. The summed E-state index contributed by atoms with van der Waals surface area (Å²) < 4.78 is 5.87. The third-order valence-electron chi connectivity index (χ3n) is 2.72. The van der Waals surface area contributed by atoms with E-state index in [1.165, 1.54) is 18.4 Å². The van der Waals surface area contributed by atoms with Gasteiger partial charge >= 0.3 is 0 Å². The minimum absolute atomic E-state index is 0.274. The van der Waals surface area contributed by atoms with Crippen molar-refractivity contribution in [2.24, 2.45) is 0 Å². The van der Waals surface area contributed by atoms with E-state index in [2.05, 4.69) is 19.1 Å². The maximum atomic E-state index is 5.87. The van der Waals surface area contributed by atoms with Crippen LogP contribution in [0, 0.1) is 0 Å². The third kappa shape index (κ3) is 2.28. The van der Waals surface area contributed by atoms with E-state index >= 15 is 0 Å². The molecule has 0 unspecified atom stereocenters. The second kappa shape index (κ2) is 4.33. The molecule has 1 nitrogen and oxygen atoms in total. The summed E-state index contributed by atoms with van der Waals surface area (Å²) in [6.45, 7) is 2.14. The molecule has 14 heavy (non-hydrogen) atoms. The summed E-state index contributed by atoms with van der Waals surface area (Å²) in [5.74, 6) is 0. The molecule has 0 spiro atoms. The van der Waals surface area contributed by atoms with Crippen LogP contribution in [0.15, 0.2) is 24.3 Å². The molecule has 0 amide bonds. The van der Waals surface area contributed by atoms with Crippen LogP contribution in [0.1, 0.15) is 37.9 Å². The van der Waals surface area contributed by atoms with Gasteiger partial charge in [-0.05, 0) is 43.9 Å². The molecule has 1 aromatic rings. The van der Waals surface area contributed by atoms with Crippen molar-refractivity contribution in [2.45, 2.75) is 38.4 Å². The topological polar surface area (TPSA) is 9.23 Å². The van der Waals surface area contributed by atoms with E-state index in [9.17, 15) is 0 Å². The summed E-state index contributed by atoms with van der Waals surface area (Å²) in [7, 11) is 0. The van der Waals surface area contributed by atoms with E-state index in [4.69, 9.17) is 16.3 Å². The Morgan fingerprint density at radius 2 is 1.93 bits per heavy atom. The lowest BCUT2D eigenvalue weighted by Gasteiger charge is -2.28. The van der Waals surface area contributed by atoms with Crippen molar-refractivity contribution in [3.63, 3.8) is 0 Å². The Morgan fingerprint density at radius 1 is 1.21 bits per heavy atom. The number of hydrogen-bond acceptors (Lipinski definition) is 1. The molecular weight excluding hydrogens is 196 g/mol. The molecule has 1 heterocycles. The first kappa shape index (κ1) is 10.0. The van der Waals surface area contributed by atoms with Gasteiger partial charge in [0.2, 0.25) is 0 Å². The van der Waals surface area contributed by atoms with Gasteiger partial charge in [0.15, 0.2) is 0 Å². The molecule has 0 aromatic heterocycles. The van der Waals surface area contributed by atoms with Crippen LogP contribution in [0.5, 0.6) is 0 Å². The normalized spacial score (nSPS) is 27.6. The summed E-state index contributed by atoms with van der Waals surface area (Å²) in [5.41, 5.74) is 1.25. The Bertz CT molecular complexity index is 294. The SMILES string of the molecule is C[C@H]1CCC[C@H](c2ccc(Cl)cc2)O1. The highest BCUT2D eigenvalue weighted by Gasteiger charge is 2.20. The standard InChI is InChI=1S/C12H15ClO/c1-9-3-2-4-12(14-9)10-5-7-11(13)8-6-10/h5-9,12H,2-4H2,1H3/t9-,12+/m0/s1. The number of hydrogen-bond donors (Lipinski definition) is 0. The highest BCUT2D eigenvalue weighted by molar-refractivity contribution is 6.30. The first-order chi connectivity index (χ1) is 6.75. The van der Waals surface area contributed by atoms with Gasteiger partial charge in [0, 0.05) is 5.02 Å². The van der Waals surface area contributed by atoms with Crippen LogP contribution in [-0.4, -0.2) is 6.10 Å². The molecule has 0 N–H and O–H groups in total. The first-order valence-corrected chi connectivity index (χ1v) is 5.54. The minimum atomic E-state index is 0.274. The fraction of sp³-hybridized carbons (Fsp3) is 0.500. The molecule has 76 valence electrons. The van der Waals surface area contributed by atoms with E-state index in [0.29, 0.717) is 6.10 Å². The predicted octanol–water partition coefficient (Wildman–Crippen LogP) is 3.97. The number of benzene rings is 1. The minimum Gasteiger partial charge on any atom is -0.371 e. The van der Waals surface area contributed by atoms with Crippen LogP contribution in [0.4, 0.5) is 0 Å². The summed E-state index contributed by atoms with van der Waals surface area (Å²) in [5, 5.41) is 0.789. The monoisotopic (exact) mass is 210 g/mol. The van der Waals surface area contributed by atoms with Gasteiger partial charge in [-0.3, -0.25) is 0 Å². The van der Waals surface area contributed by atoms with Gasteiger partial charge in [0.1, 0.15) is 0 Å². The van der Waals surface area contributed by atoms with Crippen molar-refractivity contribution in [3.8, 4) is 0 Å². The summed E-state index contributed by atoms with van der Waals surface area (Å²) >= 11 is 5.84. The lowest BCUT2D eigenvalue weighted by Crippen LogP contribution is -2.19. The molecular formula is C12H15ClO. The zero-order valence-corrected chi connectivity index (χ0v) is 9.13. The third-order valence-corrected chi connectivity index (χ3v) is 2.97. The van der Waals surface area contributed by atoms with Gasteiger partial charge in [-0.1, -0.05) is 23.7 Å². The van der Waals surface area contributed by atoms with Crippen LogP contribution in [0.2, 0.25) is 5.02 Å². The molecule has 1 aromatic carbocycles. The van der Waals surface area contributed by atoms with E-state index < -0.39 is 0 Å². The van der Waals surface area contributed by atoms with E-state index in [-0.39, 0.29) is 6.10 Å². The average molecular weight is 211 g/mol. The van der Waals surface area contributed by atoms with Crippen molar-refractivity contribution < 1.29 is 4.74 Å². The maximum Gasteiger partial charge on any atom is 0.0828 e. The highest BCUT2D eigenvalue weighted by Crippen LogP contribution is 2.31. The lowest BCUT2D eigenvalue weighted by molar-refractivity contribution is -0.0414. The van der Waals surface area contributed by atoms with Gasteiger partial charge in [-0.15, -0.1) is 0 Å². The van der Waals surface area contributed by atoms with Crippen molar-refractivity contribution in [1.82, 2.24) is 0 Å². The molecule has 2 heteroatoms. The molecule has 0 saturated carbocycles. The number of ether oxygens (including phenoxy) is 1. The largest absolute Gasteiger partial charge is 0.371 e. The van der Waals surface area contributed by atoms with Crippen LogP contribution < -0.4 is 0 Å². The zero-order chi connectivity index (χ0) is 9.97. The first-order valence-electron chi connectivity index (χ1n) is 5.16. The average Bonchev–Trinajstić information content (AvgIpc) is 2.19. The second-order valence-electron chi connectivity index (χ2n) is 3.92. The molecule has 1 fully saturated rings. The van der Waals surface area contributed by atoms with Crippen LogP contribution in [-0.2, 0) is 4.74 Å². The van der Waals surface area contributed by atoms with Gasteiger partial charge in [0.25, 0.3) is 0 Å². The zero-order valence-electron chi connectivity index (χ0n) is 8.37. The molecule has 0 aliphatic carbocycles. The maximum absolute atomic E-state index is 5.87. The Hall–Kier alpha value is -0.530. The summed E-state index contributed by atoms with van der Waals surface area (Å²) in [4.78, 5) is 0. The van der Waals surface area contributed by atoms with Gasteiger partial charge in [-0.2, -0.15) is 0 Å². The van der Waals surface area contributed by atoms with Crippen molar-refractivity contribution in [2.75, 3.05) is 0 Å². The second-order valence-corrected chi connectivity index (χ2v) is 4.35. The summed E-state index contributed by atoms with van der Waals surface area (Å²) in [6, 6.07) is 7.98.